The van der Waals surface area contributed by atoms with Crippen molar-refractivity contribution in [3.05, 3.63) is 28.7 Å². The first-order valence-electron chi connectivity index (χ1n) is 6.57. The molecule has 1 aromatic carbocycles. The Bertz CT molecular complexity index is 525. The van der Waals surface area contributed by atoms with Crippen molar-refractivity contribution in [1.29, 1.82) is 0 Å². The van der Waals surface area contributed by atoms with Crippen LogP contribution in [-0.4, -0.2) is 53.4 Å². The molecule has 1 aliphatic heterocycles. The molecule has 1 heterocycles. The van der Waals surface area contributed by atoms with Crippen molar-refractivity contribution < 1.29 is 19.4 Å². The first-order valence-corrected chi connectivity index (χ1v) is 8.35. The SMILES string of the molecule is O=C(O)C1COCCN1C(=O)CCSc1ccccc1Br. The molecule has 1 aromatic rings. The Balaban J connectivity index is 1.86. The lowest BCUT2D eigenvalue weighted by molar-refractivity contribution is -0.158. The highest BCUT2D eigenvalue weighted by Gasteiger charge is 2.32. The van der Waals surface area contributed by atoms with Crippen molar-refractivity contribution in [3.63, 3.8) is 0 Å². The number of ether oxygens (including phenoxy) is 1. The summed E-state index contributed by atoms with van der Waals surface area (Å²) in [7, 11) is 0. The molecular formula is C14H16BrNO4S. The maximum atomic E-state index is 12.2. The molecule has 0 saturated carbocycles. The van der Waals surface area contributed by atoms with Crippen LogP contribution in [0.3, 0.4) is 0 Å². The summed E-state index contributed by atoms with van der Waals surface area (Å²) in [4.78, 5) is 25.8. The van der Waals surface area contributed by atoms with Gasteiger partial charge in [0.1, 0.15) is 0 Å². The smallest absolute Gasteiger partial charge is 0.328 e. The monoisotopic (exact) mass is 373 g/mol. The van der Waals surface area contributed by atoms with Crippen molar-refractivity contribution in [2.45, 2.75) is 17.4 Å². The summed E-state index contributed by atoms with van der Waals surface area (Å²) in [6.07, 6.45) is 0.315. The Morgan fingerprint density at radius 3 is 2.90 bits per heavy atom. The predicted octanol–water partition coefficient (Wildman–Crippen LogP) is 2.24. The van der Waals surface area contributed by atoms with Crippen molar-refractivity contribution in [2.24, 2.45) is 0 Å². The van der Waals surface area contributed by atoms with Crippen molar-refractivity contribution >= 4 is 39.6 Å². The lowest BCUT2D eigenvalue weighted by Gasteiger charge is -2.32. The summed E-state index contributed by atoms with van der Waals surface area (Å²) in [6, 6.07) is 6.95. The maximum Gasteiger partial charge on any atom is 0.328 e. The van der Waals surface area contributed by atoms with Crippen molar-refractivity contribution in [1.82, 2.24) is 4.90 Å². The van der Waals surface area contributed by atoms with Gasteiger partial charge in [-0.2, -0.15) is 0 Å². The topological polar surface area (TPSA) is 66.8 Å². The first-order chi connectivity index (χ1) is 10.1. The molecule has 0 bridgehead atoms. The second-order valence-corrected chi connectivity index (χ2v) is 6.54. The summed E-state index contributed by atoms with van der Waals surface area (Å²) >= 11 is 5.03. The minimum absolute atomic E-state index is 0.0679. The molecule has 2 rings (SSSR count). The van der Waals surface area contributed by atoms with Gasteiger partial charge < -0.3 is 14.7 Å². The predicted molar refractivity (Wildman–Crippen MR) is 83.4 cm³/mol. The number of carboxylic acid groups (broad SMARTS) is 1. The van der Waals surface area contributed by atoms with Gasteiger partial charge in [0.05, 0.1) is 13.2 Å². The molecule has 0 aliphatic carbocycles. The summed E-state index contributed by atoms with van der Waals surface area (Å²) < 4.78 is 6.12. The highest BCUT2D eigenvalue weighted by molar-refractivity contribution is 9.10. The largest absolute Gasteiger partial charge is 0.480 e. The number of carbonyl (C=O) groups excluding carboxylic acids is 1. The third-order valence-corrected chi connectivity index (χ3v) is 5.17. The molecule has 1 aliphatic rings. The van der Waals surface area contributed by atoms with Crippen LogP contribution in [0.1, 0.15) is 6.42 Å². The van der Waals surface area contributed by atoms with Crippen LogP contribution in [0.15, 0.2) is 33.6 Å². The molecule has 0 radical (unpaired) electrons. The molecule has 0 spiro atoms. The van der Waals surface area contributed by atoms with Crippen molar-refractivity contribution in [2.75, 3.05) is 25.5 Å². The number of hydrogen-bond acceptors (Lipinski definition) is 4. The van der Waals surface area contributed by atoms with Crippen molar-refractivity contribution in [3.8, 4) is 0 Å². The highest BCUT2D eigenvalue weighted by atomic mass is 79.9. The lowest BCUT2D eigenvalue weighted by atomic mass is 10.2. The second-order valence-electron chi connectivity index (χ2n) is 4.54. The second kappa shape index (κ2) is 7.82. The van der Waals surface area contributed by atoms with E-state index < -0.39 is 12.0 Å². The number of morpholine rings is 1. The fourth-order valence-electron chi connectivity index (χ4n) is 2.06. The van der Waals surface area contributed by atoms with E-state index in [-0.39, 0.29) is 12.5 Å². The number of carbonyl (C=O) groups is 2. The zero-order valence-corrected chi connectivity index (χ0v) is 13.7. The summed E-state index contributed by atoms with van der Waals surface area (Å²) in [5.41, 5.74) is 0. The van der Waals surface area contributed by atoms with Gasteiger partial charge in [0.15, 0.2) is 6.04 Å². The minimum Gasteiger partial charge on any atom is -0.480 e. The molecule has 1 saturated heterocycles. The van der Waals surface area contributed by atoms with Gasteiger partial charge in [-0.1, -0.05) is 12.1 Å². The average Bonchev–Trinajstić information content (AvgIpc) is 2.49. The van der Waals surface area contributed by atoms with Crippen LogP contribution in [0.5, 0.6) is 0 Å². The number of rotatable bonds is 5. The van der Waals surface area contributed by atoms with E-state index in [0.29, 0.717) is 25.3 Å². The Labute approximate surface area is 135 Å². The molecule has 5 nitrogen and oxygen atoms in total. The van der Waals surface area contributed by atoms with E-state index in [1.807, 2.05) is 24.3 Å². The highest BCUT2D eigenvalue weighted by Crippen LogP contribution is 2.27. The lowest BCUT2D eigenvalue weighted by Crippen LogP contribution is -2.52. The van der Waals surface area contributed by atoms with Crippen LogP contribution < -0.4 is 0 Å². The molecule has 1 atom stereocenters. The van der Waals surface area contributed by atoms with E-state index >= 15 is 0 Å². The van der Waals surface area contributed by atoms with Crippen LogP contribution in [0.25, 0.3) is 0 Å². The molecule has 114 valence electrons. The van der Waals surface area contributed by atoms with Gasteiger partial charge in [-0.15, -0.1) is 11.8 Å². The van der Waals surface area contributed by atoms with Gasteiger partial charge in [0, 0.05) is 28.1 Å². The van der Waals surface area contributed by atoms with E-state index in [1.165, 1.54) is 4.90 Å². The zero-order valence-electron chi connectivity index (χ0n) is 11.3. The summed E-state index contributed by atoms with van der Waals surface area (Å²) in [5.74, 6) is -0.530. The summed E-state index contributed by atoms with van der Waals surface area (Å²) in [6.45, 7) is 0.806. The van der Waals surface area contributed by atoms with E-state index in [2.05, 4.69) is 15.9 Å². The molecule has 1 N–H and O–H groups in total. The third kappa shape index (κ3) is 4.46. The van der Waals surface area contributed by atoms with Gasteiger partial charge in [-0.3, -0.25) is 4.79 Å². The Morgan fingerprint density at radius 2 is 2.19 bits per heavy atom. The van der Waals surface area contributed by atoms with Gasteiger partial charge in [-0.05, 0) is 28.1 Å². The quantitative estimate of drug-likeness (QED) is 0.801. The number of amides is 1. The van der Waals surface area contributed by atoms with Crippen LogP contribution in [-0.2, 0) is 14.3 Å². The van der Waals surface area contributed by atoms with Crippen LogP contribution in [0.4, 0.5) is 0 Å². The van der Waals surface area contributed by atoms with E-state index in [1.54, 1.807) is 11.8 Å². The van der Waals surface area contributed by atoms with Crippen LogP contribution in [0.2, 0.25) is 0 Å². The number of aliphatic carboxylic acids is 1. The normalized spacial score (nSPS) is 18.5. The van der Waals surface area contributed by atoms with E-state index in [0.717, 1.165) is 9.37 Å². The number of nitrogens with zero attached hydrogens (tertiary/aromatic N) is 1. The van der Waals surface area contributed by atoms with E-state index in [4.69, 9.17) is 9.84 Å². The molecule has 7 heteroatoms. The molecule has 1 unspecified atom stereocenters. The van der Waals surface area contributed by atoms with Gasteiger partial charge >= 0.3 is 5.97 Å². The fraction of sp³-hybridized carbons (Fsp3) is 0.429. The fourth-order valence-corrected chi connectivity index (χ4v) is 3.57. The standard InChI is InChI=1S/C14H16BrNO4S/c15-10-3-1-2-4-12(10)21-8-5-13(17)16-6-7-20-9-11(16)14(18)19/h1-4,11H,5-9H2,(H,18,19). The summed E-state index contributed by atoms with van der Waals surface area (Å²) in [5, 5.41) is 9.11. The zero-order chi connectivity index (χ0) is 15.2. The Morgan fingerprint density at radius 1 is 1.43 bits per heavy atom. The molecule has 1 fully saturated rings. The minimum atomic E-state index is -1.01. The Hall–Kier alpha value is -1.05. The maximum absolute atomic E-state index is 12.2. The average molecular weight is 374 g/mol. The van der Waals surface area contributed by atoms with Crippen LogP contribution >= 0.6 is 27.7 Å². The van der Waals surface area contributed by atoms with E-state index in [9.17, 15) is 9.59 Å². The third-order valence-electron chi connectivity index (χ3n) is 3.14. The number of hydrogen-bond donors (Lipinski definition) is 1. The molecule has 0 aromatic heterocycles. The number of carboxylic acids is 1. The van der Waals surface area contributed by atoms with Gasteiger partial charge in [0.2, 0.25) is 5.91 Å². The van der Waals surface area contributed by atoms with Crippen LogP contribution in [0, 0.1) is 0 Å². The number of thioether (sulfide) groups is 1. The molecule has 1 amide bonds. The number of benzene rings is 1. The first kappa shape index (κ1) is 16.3. The van der Waals surface area contributed by atoms with Gasteiger partial charge in [-0.25, -0.2) is 4.79 Å². The number of halogens is 1. The van der Waals surface area contributed by atoms with Gasteiger partial charge in [0.25, 0.3) is 0 Å². The molecular weight excluding hydrogens is 358 g/mol. The Kier molecular flexibility index (Phi) is 6.08. The molecule has 21 heavy (non-hydrogen) atoms.